The Balaban J connectivity index is 1.86. The van der Waals surface area contributed by atoms with Gasteiger partial charge in [0.15, 0.2) is 0 Å². The number of carbonyl (C=O) groups excluding carboxylic acids is 2. The zero-order valence-corrected chi connectivity index (χ0v) is 18.2. The minimum Gasteiger partial charge on any atom is -0.492 e. The van der Waals surface area contributed by atoms with Gasteiger partial charge in [-0.1, -0.05) is 45.0 Å². The van der Waals surface area contributed by atoms with Crippen molar-refractivity contribution in [2.45, 2.75) is 39.5 Å². The van der Waals surface area contributed by atoms with Gasteiger partial charge in [-0.3, -0.25) is 14.5 Å². The molecule has 1 atom stereocenters. The van der Waals surface area contributed by atoms with E-state index in [9.17, 15) is 9.59 Å². The molecule has 3 rings (SSSR count). The maximum atomic E-state index is 12.7. The molecule has 2 amide bonds. The van der Waals surface area contributed by atoms with Crippen molar-refractivity contribution in [3.63, 3.8) is 0 Å². The fourth-order valence-electron chi connectivity index (χ4n) is 3.32. The van der Waals surface area contributed by atoms with Crippen LogP contribution in [0.15, 0.2) is 48.5 Å². The number of carbonyl (C=O) groups is 2. The number of benzene rings is 2. The lowest BCUT2D eigenvalue weighted by atomic mass is 9.92. The zero-order chi connectivity index (χ0) is 21.0. The van der Waals surface area contributed by atoms with Gasteiger partial charge in [-0.15, -0.1) is 11.8 Å². The summed E-state index contributed by atoms with van der Waals surface area (Å²) in [7, 11) is 0. The van der Waals surface area contributed by atoms with Gasteiger partial charge in [0.05, 0.1) is 18.0 Å². The number of nitrogens with zero attached hydrogens (tertiary/aromatic N) is 1. The van der Waals surface area contributed by atoms with Crippen LogP contribution in [0.5, 0.6) is 5.75 Å². The number of amides is 2. The molecule has 0 aliphatic carbocycles. The van der Waals surface area contributed by atoms with Gasteiger partial charge in [-0.25, -0.2) is 0 Å². The molecule has 1 saturated heterocycles. The Bertz CT molecular complexity index is 892. The summed E-state index contributed by atoms with van der Waals surface area (Å²) >= 11 is 1.58. The van der Waals surface area contributed by atoms with E-state index in [1.165, 1.54) is 0 Å². The summed E-state index contributed by atoms with van der Waals surface area (Å²) in [5.41, 5.74) is 2.42. The molecule has 1 heterocycles. The normalized spacial score (nSPS) is 16.8. The number of para-hydroxylation sites is 2. The van der Waals surface area contributed by atoms with Gasteiger partial charge in [0, 0.05) is 12.1 Å². The summed E-state index contributed by atoms with van der Waals surface area (Å²) in [6.07, 6.45) is 0.446. The molecule has 2 aromatic rings. The van der Waals surface area contributed by atoms with Crippen molar-refractivity contribution in [2.75, 3.05) is 22.6 Å². The zero-order valence-electron chi connectivity index (χ0n) is 17.4. The molecule has 6 heteroatoms. The second-order valence-electron chi connectivity index (χ2n) is 8.24. The van der Waals surface area contributed by atoms with E-state index in [-0.39, 0.29) is 22.6 Å². The van der Waals surface area contributed by atoms with E-state index in [4.69, 9.17) is 4.74 Å². The highest BCUT2D eigenvalue weighted by molar-refractivity contribution is 8.00. The van der Waals surface area contributed by atoms with Crippen LogP contribution in [-0.2, 0) is 9.59 Å². The van der Waals surface area contributed by atoms with Crippen molar-refractivity contribution < 1.29 is 14.3 Å². The average molecular weight is 413 g/mol. The number of ether oxygens (including phenoxy) is 1. The SMILES string of the molecule is CCOc1ccccc1N1C(=O)CSC1c1cccc(NC(=O)CC(C)(C)C)c1. The smallest absolute Gasteiger partial charge is 0.238 e. The summed E-state index contributed by atoms with van der Waals surface area (Å²) in [6, 6.07) is 15.4. The van der Waals surface area contributed by atoms with Crippen LogP contribution in [0.2, 0.25) is 0 Å². The molecule has 29 heavy (non-hydrogen) atoms. The first kappa shape index (κ1) is 21.2. The highest BCUT2D eigenvalue weighted by Crippen LogP contribution is 2.45. The van der Waals surface area contributed by atoms with E-state index >= 15 is 0 Å². The van der Waals surface area contributed by atoms with Crippen molar-refractivity contribution in [1.82, 2.24) is 0 Å². The third-order valence-corrected chi connectivity index (χ3v) is 5.65. The number of thioether (sulfide) groups is 1. The van der Waals surface area contributed by atoms with Crippen LogP contribution < -0.4 is 15.0 Å². The van der Waals surface area contributed by atoms with Crippen molar-refractivity contribution in [1.29, 1.82) is 0 Å². The van der Waals surface area contributed by atoms with Crippen molar-refractivity contribution in [3.05, 3.63) is 54.1 Å². The molecule has 0 bridgehead atoms. The van der Waals surface area contributed by atoms with E-state index in [0.29, 0.717) is 24.5 Å². The topological polar surface area (TPSA) is 58.6 Å². The van der Waals surface area contributed by atoms with E-state index in [1.54, 1.807) is 16.7 Å². The minimum atomic E-state index is -0.163. The first-order valence-corrected chi connectivity index (χ1v) is 10.9. The summed E-state index contributed by atoms with van der Waals surface area (Å²) < 4.78 is 5.74. The Morgan fingerprint density at radius 2 is 1.97 bits per heavy atom. The summed E-state index contributed by atoms with van der Waals surface area (Å²) in [5.74, 6) is 1.15. The van der Waals surface area contributed by atoms with Crippen molar-refractivity contribution >= 4 is 35.0 Å². The molecule has 1 fully saturated rings. The number of anilines is 2. The highest BCUT2D eigenvalue weighted by Gasteiger charge is 2.35. The molecule has 0 saturated carbocycles. The largest absolute Gasteiger partial charge is 0.492 e. The molecule has 5 nitrogen and oxygen atoms in total. The average Bonchev–Trinajstić information content (AvgIpc) is 3.02. The molecule has 1 aliphatic rings. The van der Waals surface area contributed by atoms with Crippen LogP contribution in [0.3, 0.4) is 0 Å². The van der Waals surface area contributed by atoms with Crippen LogP contribution >= 0.6 is 11.8 Å². The van der Waals surface area contributed by atoms with Gasteiger partial charge in [0.25, 0.3) is 0 Å². The molecule has 1 N–H and O–H groups in total. The van der Waals surface area contributed by atoms with E-state index in [0.717, 1.165) is 16.9 Å². The summed E-state index contributed by atoms with van der Waals surface area (Å²) in [6.45, 7) is 8.58. The van der Waals surface area contributed by atoms with E-state index < -0.39 is 0 Å². The number of nitrogens with one attached hydrogen (secondary N) is 1. The molecular formula is C23H28N2O3S. The molecule has 1 unspecified atom stereocenters. The molecule has 154 valence electrons. The lowest BCUT2D eigenvalue weighted by Crippen LogP contribution is -2.28. The number of rotatable bonds is 6. The fraction of sp³-hybridized carbons (Fsp3) is 0.391. The predicted octanol–water partition coefficient (Wildman–Crippen LogP) is 5.24. The number of hydrogen-bond acceptors (Lipinski definition) is 4. The summed E-state index contributed by atoms with van der Waals surface area (Å²) in [4.78, 5) is 26.8. The Morgan fingerprint density at radius 1 is 1.21 bits per heavy atom. The van der Waals surface area contributed by atoms with Crippen LogP contribution in [0, 0.1) is 5.41 Å². The monoisotopic (exact) mass is 412 g/mol. The Morgan fingerprint density at radius 3 is 2.69 bits per heavy atom. The van der Waals surface area contributed by atoms with Crippen LogP contribution in [0.4, 0.5) is 11.4 Å². The first-order chi connectivity index (χ1) is 13.8. The lowest BCUT2D eigenvalue weighted by molar-refractivity contribution is -0.118. The first-order valence-electron chi connectivity index (χ1n) is 9.84. The molecule has 1 aliphatic heterocycles. The second-order valence-corrected chi connectivity index (χ2v) is 9.31. The quantitative estimate of drug-likeness (QED) is 0.705. The maximum Gasteiger partial charge on any atom is 0.238 e. The van der Waals surface area contributed by atoms with E-state index in [1.807, 2.05) is 76.2 Å². The predicted molar refractivity (Wildman–Crippen MR) is 119 cm³/mol. The Kier molecular flexibility index (Phi) is 6.52. The van der Waals surface area contributed by atoms with Gasteiger partial charge in [0.2, 0.25) is 11.8 Å². The van der Waals surface area contributed by atoms with Gasteiger partial charge < -0.3 is 10.1 Å². The Hall–Kier alpha value is -2.47. The highest BCUT2D eigenvalue weighted by atomic mass is 32.2. The maximum absolute atomic E-state index is 12.7. The third-order valence-electron chi connectivity index (χ3n) is 4.44. The van der Waals surface area contributed by atoms with Crippen molar-refractivity contribution in [3.8, 4) is 5.75 Å². The van der Waals surface area contributed by atoms with Gasteiger partial charge >= 0.3 is 0 Å². The van der Waals surface area contributed by atoms with Crippen LogP contribution in [0.1, 0.15) is 45.1 Å². The fourth-order valence-corrected chi connectivity index (χ4v) is 4.48. The molecule has 0 spiro atoms. The molecule has 0 radical (unpaired) electrons. The standard InChI is InChI=1S/C23H28N2O3S/c1-5-28-19-12-7-6-11-18(19)25-21(27)15-29-22(25)16-9-8-10-17(13-16)24-20(26)14-23(2,3)4/h6-13,22H,5,14-15H2,1-4H3,(H,24,26). The van der Waals surface area contributed by atoms with Gasteiger partial charge in [-0.05, 0) is 42.2 Å². The summed E-state index contributed by atoms with van der Waals surface area (Å²) in [5, 5.41) is 2.82. The Labute approximate surface area is 176 Å². The van der Waals surface area contributed by atoms with Gasteiger partial charge in [0.1, 0.15) is 11.1 Å². The third kappa shape index (κ3) is 5.32. The second kappa shape index (κ2) is 8.91. The molecular weight excluding hydrogens is 384 g/mol. The molecule has 0 aromatic heterocycles. The van der Waals surface area contributed by atoms with Crippen LogP contribution in [-0.4, -0.2) is 24.2 Å². The van der Waals surface area contributed by atoms with Gasteiger partial charge in [-0.2, -0.15) is 0 Å². The van der Waals surface area contributed by atoms with Crippen molar-refractivity contribution in [2.24, 2.45) is 5.41 Å². The lowest BCUT2D eigenvalue weighted by Gasteiger charge is -2.26. The minimum absolute atomic E-state index is 0.0108. The molecule has 2 aromatic carbocycles. The van der Waals surface area contributed by atoms with Crippen LogP contribution in [0.25, 0.3) is 0 Å². The number of hydrogen-bond donors (Lipinski definition) is 1. The van der Waals surface area contributed by atoms with E-state index in [2.05, 4.69) is 5.32 Å².